The van der Waals surface area contributed by atoms with E-state index in [1.807, 2.05) is 0 Å². The molecular weight excluding hydrogens is 312 g/mol. The highest BCUT2D eigenvalue weighted by atomic mass is 79.9. The van der Waals surface area contributed by atoms with Crippen LogP contribution in [0.3, 0.4) is 0 Å². The molecule has 0 radical (unpaired) electrons. The second kappa shape index (κ2) is 7.54. The monoisotopic (exact) mass is 334 g/mol. The van der Waals surface area contributed by atoms with E-state index in [-0.39, 0.29) is 0 Å². The van der Waals surface area contributed by atoms with Crippen molar-refractivity contribution < 1.29 is 0 Å². The molecule has 0 aliphatic heterocycles. The predicted molar refractivity (Wildman–Crippen MR) is 82.3 cm³/mol. The average molecular weight is 336 g/mol. The molecule has 0 aliphatic rings. The van der Waals surface area contributed by atoms with E-state index in [0.29, 0.717) is 11.8 Å². The van der Waals surface area contributed by atoms with Crippen molar-refractivity contribution in [3.05, 3.63) is 15.9 Å². The van der Waals surface area contributed by atoms with E-state index in [9.17, 15) is 0 Å². The van der Waals surface area contributed by atoms with Crippen molar-refractivity contribution in [2.45, 2.75) is 53.5 Å². The molecule has 1 aromatic heterocycles. The molecule has 18 heavy (non-hydrogen) atoms. The molecule has 0 amide bonds. The highest BCUT2D eigenvalue weighted by molar-refractivity contribution is 9.10. The van der Waals surface area contributed by atoms with Crippen LogP contribution < -0.4 is 0 Å². The molecule has 104 valence electrons. The lowest BCUT2D eigenvalue weighted by Gasteiger charge is -2.17. The Labute approximate surface area is 124 Å². The molecule has 1 rings (SSSR count). The summed E-state index contributed by atoms with van der Waals surface area (Å²) in [4.78, 5) is 0. The van der Waals surface area contributed by atoms with Gasteiger partial charge in [0.05, 0.1) is 15.9 Å². The van der Waals surface area contributed by atoms with E-state index in [1.165, 1.54) is 16.6 Å². The van der Waals surface area contributed by atoms with Gasteiger partial charge in [0.2, 0.25) is 0 Å². The van der Waals surface area contributed by atoms with Gasteiger partial charge < -0.3 is 0 Å². The molecule has 0 aliphatic carbocycles. The van der Waals surface area contributed by atoms with Crippen LogP contribution >= 0.6 is 27.5 Å². The SMILES string of the molecule is CCc1nn(CC)c(CC(CCl)CC(C)C)c1Br. The summed E-state index contributed by atoms with van der Waals surface area (Å²) in [5, 5.41) is 4.64. The first-order valence-corrected chi connectivity index (χ1v) is 8.16. The smallest absolute Gasteiger partial charge is 0.0766 e. The highest BCUT2D eigenvalue weighted by Gasteiger charge is 2.18. The fourth-order valence-electron chi connectivity index (χ4n) is 2.35. The maximum atomic E-state index is 6.11. The second-order valence-electron chi connectivity index (χ2n) is 5.23. The molecule has 0 saturated carbocycles. The van der Waals surface area contributed by atoms with Gasteiger partial charge in [0.1, 0.15) is 0 Å². The van der Waals surface area contributed by atoms with Crippen LogP contribution in [0.15, 0.2) is 4.47 Å². The molecule has 1 atom stereocenters. The van der Waals surface area contributed by atoms with E-state index in [4.69, 9.17) is 11.6 Å². The number of hydrogen-bond acceptors (Lipinski definition) is 1. The fourth-order valence-corrected chi connectivity index (χ4v) is 3.31. The average Bonchev–Trinajstić information content (AvgIpc) is 2.64. The van der Waals surface area contributed by atoms with Crippen LogP contribution in [0.1, 0.15) is 45.5 Å². The zero-order chi connectivity index (χ0) is 13.7. The molecule has 0 spiro atoms. The van der Waals surface area contributed by atoms with Gasteiger partial charge in [-0.05, 0) is 54.0 Å². The summed E-state index contributed by atoms with van der Waals surface area (Å²) >= 11 is 9.81. The van der Waals surface area contributed by atoms with Gasteiger partial charge in [-0.15, -0.1) is 11.6 Å². The first-order chi connectivity index (χ1) is 8.53. The van der Waals surface area contributed by atoms with E-state index in [1.54, 1.807) is 0 Å². The first kappa shape index (κ1) is 16.0. The predicted octanol–water partition coefficient (Wildman–Crippen LogP) is 4.67. The van der Waals surface area contributed by atoms with Crippen LogP contribution in [-0.2, 0) is 19.4 Å². The minimum absolute atomic E-state index is 0.537. The van der Waals surface area contributed by atoms with Gasteiger partial charge in [-0.25, -0.2) is 0 Å². The van der Waals surface area contributed by atoms with Crippen LogP contribution in [0, 0.1) is 11.8 Å². The van der Waals surface area contributed by atoms with Gasteiger partial charge in [0.15, 0.2) is 0 Å². The Balaban J connectivity index is 2.90. The Morgan fingerprint density at radius 3 is 2.44 bits per heavy atom. The Kier molecular flexibility index (Phi) is 6.72. The van der Waals surface area contributed by atoms with Gasteiger partial charge in [0.25, 0.3) is 0 Å². The second-order valence-corrected chi connectivity index (χ2v) is 6.33. The number of alkyl halides is 1. The summed E-state index contributed by atoms with van der Waals surface area (Å²) in [6, 6.07) is 0. The van der Waals surface area contributed by atoms with Crippen molar-refractivity contribution in [2.24, 2.45) is 11.8 Å². The molecule has 4 heteroatoms. The van der Waals surface area contributed by atoms with E-state index in [2.05, 4.69) is 53.4 Å². The Hall–Kier alpha value is -0.0200. The fraction of sp³-hybridized carbons (Fsp3) is 0.786. The van der Waals surface area contributed by atoms with Crippen LogP contribution in [0.5, 0.6) is 0 Å². The van der Waals surface area contributed by atoms with Crippen molar-refractivity contribution in [2.75, 3.05) is 5.88 Å². The third-order valence-corrected chi connectivity index (χ3v) is 4.55. The summed E-state index contributed by atoms with van der Waals surface area (Å²) in [7, 11) is 0. The van der Waals surface area contributed by atoms with E-state index >= 15 is 0 Å². The van der Waals surface area contributed by atoms with Crippen molar-refractivity contribution in [3.63, 3.8) is 0 Å². The molecule has 2 nitrogen and oxygen atoms in total. The summed E-state index contributed by atoms with van der Waals surface area (Å²) < 4.78 is 3.30. The minimum atomic E-state index is 0.537. The van der Waals surface area contributed by atoms with Crippen LogP contribution in [0.4, 0.5) is 0 Å². The zero-order valence-corrected chi connectivity index (χ0v) is 14.2. The summed E-state index contributed by atoms with van der Waals surface area (Å²) in [6.07, 6.45) is 3.16. The Morgan fingerprint density at radius 2 is 2.00 bits per heavy atom. The Bertz CT molecular complexity index is 374. The standard InChI is InChI=1S/C14H24BrClN2/c1-5-12-14(15)13(18(6-2)17-12)8-11(9-16)7-10(3)4/h10-11H,5-9H2,1-4H3. The molecular formula is C14H24BrClN2. The summed E-state index contributed by atoms with van der Waals surface area (Å²) in [5.74, 6) is 1.95. The third-order valence-electron chi connectivity index (χ3n) is 3.20. The van der Waals surface area contributed by atoms with Crippen molar-refractivity contribution in [3.8, 4) is 0 Å². The summed E-state index contributed by atoms with van der Waals surface area (Å²) in [5.41, 5.74) is 2.46. The van der Waals surface area contributed by atoms with E-state index in [0.717, 1.165) is 31.0 Å². The van der Waals surface area contributed by atoms with Crippen molar-refractivity contribution in [1.29, 1.82) is 0 Å². The van der Waals surface area contributed by atoms with Crippen LogP contribution in [-0.4, -0.2) is 15.7 Å². The maximum absolute atomic E-state index is 6.11. The highest BCUT2D eigenvalue weighted by Crippen LogP contribution is 2.27. The van der Waals surface area contributed by atoms with Gasteiger partial charge in [-0.2, -0.15) is 5.10 Å². The summed E-state index contributed by atoms with van der Waals surface area (Å²) in [6.45, 7) is 9.71. The molecule has 1 unspecified atom stereocenters. The molecule has 1 heterocycles. The van der Waals surface area contributed by atoms with E-state index < -0.39 is 0 Å². The lowest BCUT2D eigenvalue weighted by Crippen LogP contribution is -2.13. The first-order valence-electron chi connectivity index (χ1n) is 6.83. The minimum Gasteiger partial charge on any atom is -0.268 e. The topological polar surface area (TPSA) is 17.8 Å². The Morgan fingerprint density at radius 1 is 1.33 bits per heavy atom. The lowest BCUT2D eigenvalue weighted by molar-refractivity contribution is 0.428. The number of nitrogens with zero attached hydrogens (tertiary/aromatic N) is 2. The molecule has 0 aromatic carbocycles. The van der Waals surface area contributed by atoms with Gasteiger partial charge in [-0.1, -0.05) is 20.8 Å². The lowest BCUT2D eigenvalue weighted by atomic mass is 9.94. The number of aromatic nitrogens is 2. The number of halogens is 2. The molecule has 1 aromatic rings. The molecule has 0 saturated heterocycles. The van der Waals surface area contributed by atoms with Crippen LogP contribution in [0.2, 0.25) is 0 Å². The van der Waals surface area contributed by atoms with Crippen molar-refractivity contribution >= 4 is 27.5 Å². The number of rotatable bonds is 7. The van der Waals surface area contributed by atoms with Gasteiger partial charge in [0, 0.05) is 12.4 Å². The quantitative estimate of drug-likeness (QED) is 0.662. The number of aryl methyl sites for hydroxylation is 2. The third kappa shape index (κ3) is 3.99. The number of hydrogen-bond donors (Lipinski definition) is 0. The van der Waals surface area contributed by atoms with Gasteiger partial charge >= 0.3 is 0 Å². The van der Waals surface area contributed by atoms with Crippen molar-refractivity contribution in [1.82, 2.24) is 9.78 Å². The molecule has 0 bridgehead atoms. The largest absolute Gasteiger partial charge is 0.268 e. The van der Waals surface area contributed by atoms with Gasteiger partial charge in [-0.3, -0.25) is 4.68 Å². The zero-order valence-electron chi connectivity index (χ0n) is 11.8. The molecule has 0 N–H and O–H groups in total. The van der Waals surface area contributed by atoms with Crippen LogP contribution in [0.25, 0.3) is 0 Å². The normalized spacial score (nSPS) is 13.3. The molecule has 0 fully saturated rings. The maximum Gasteiger partial charge on any atom is 0.0766 e.